The number of alkyl halides is 3. The van der Waals surface area contributed by atoms with Gasteiger partial charge in [0.15, 0.2) is 0 Å². The number of hydrogen-bond acceptors (Lipinski definition) is 2. The Morgan fingerprint density at radius 2 is 2.07 bits per heavy atom. The predicted molar refractivity (Wildman–Crippen MR) is 63.5 cm³/mol. The molecule has 15 heavy (non-hydrogen) atoms. The highest BCUT2D eigenvalue weighted by molar-refractivity contribution is 6.76. The molecule has 7 heteroatoms. The van der Waals surface area contributed by atoms with Crippen LogP contribution in [0.2, 0.25) is 0 Å². The minimum atomic E-state index is -1.99. The van der Waals surface area contributed by atoms with Crippen LogP contribution in [0.5, 0.6) is 0 Å². The zero-order valence-corrected chi connectivity index (χ0v) is 11.2. The largest absolute Gasteiger partial charge is 0.362 e. The first kappa shape index (κ1) is 15.3. The van der Waals surface area contributed by atoms with Gasteiger partial charge in [0, 0.05) is 19.2 Å². The molecule has 0 aromatic heterocycles. The van der Waals surface area contributed by atoms with Crippen LogP contribution < -0.4 is 0 Å². The van der Waals surface area contributed by atoms with Crippen LogP contribution in [0, 0.1) is 0 Å². The summed E-state index contributed by atoms with van der Waals surface area (Å²) in [5, 5.41) is 0. The van der Waals surface area contributed by atoms with E-state index in [4.69, 9.17) is 51.1 Å². The second kappa shape index (κ2) is 6.81. The van der Waals surface area contributed by atoms with E-state index in [2.05, 4.69) is 0 Å². The van der Waals surface area contributed by atoms with Gasteiger partial charge in [-0.25, -0.2) is 0 Å². The van der Waals surface area contributed by atoms with Crippen LogP contribution in [-0.4, -0.2) is 34.5 Å². The first-order valence-corrected chi connectivity index (χ1v) is 5.57. The number of carbonyl (C=O) groups is 1. The lowest BCUT2D eigenvalue weighted by atomic mass is 10.4. The molecule has 1 unspecified atom stereocenters. The molecule has 0 saturated heterocycles. The summed E-state index contributed by atoms with van der Waals surface area (Å²) < 4.78 is 2.98. The molecule has 0 heterocycles. The molecule has 0 aromatic rings. The smallest absolute Gasteiger partial charge is 0.277 e. The Labute approximate surface area is 109 Å². The fourth-order valence-electron chi connectivity index (χ4n) is 0.840. The van der Waals surface area contributed by atoms with Gasteiger partial charge in [-0.15, -0.1) is 0 Å². The molecule has 0 N–H and O–H groups in total. The molecule has 0 bridgehead atoms. The maximum absolute atomic E-state index is 11.6. The van der Waals surface area contributed by atoms with Crippen LogP contribution in [-0.2, 0) is 9.53 Å². The molecule has 1 amide bonds. The molecule has 0 spiro atoms. The van der Waals surface area contributed by atoms with Crippen molar-refractivity contribution in [3.63, 3.8) is 0 Å². The van der Waals surface area contributed by atoms with Crippen LogP contribution in [0.25, 0.3) is 0 Å². The Kier molecular flexibility index (Phi) is 6.96. The van der Waals surface area contributed by atoms with Gasteiger partial charge in [0.25, 0.3) is 9.70 Å². The van der Waals surface area contributed by atoms with E-state index in [1.165, 1.54) is 17.5 Å². The first-order chi connectivity index (χ1) is 6.84. The molecular weight excluding hydrogens is 284 g/mol. The molecule has 0 saturated carbocycles. The van der Waals surface area contributed by atoms with E-state index in [1.54, 1.807) is 13.0 Å². The monoisotopic (exact) mass is 293 g/mol. The van der Waals surface area contributed by atoms with Crippen molar-refractivity contribution in [2.45, 2.75) is 16.9 Å². The van der Waals surface area contributed by atoms with Gasteiger partial charge in [0.2, 0.25) is 0 Å². The van der Waals surface area contributed by atoms with E-state index in [1.807, 2.05) is 0 Å². The molecule has 0 fully saturated rings. The number of rotatable bonds is 4. The van der Waals surface area contributed by atoms with Gasteiger partial charge in [-0.3, -0.25) is 4.79 Å². The van der Waals surface area contributed by atoms with Gasteiger partial charge >= 0.3 is 0 Å². The average Bonchev–Trinajstić information content (AvgIpc) is 2.16. The van der Waals surface area contributed by atoms with E-state index < -0.39 is 15.9 Å². The summed E-state index contributed by atoms with van der Waals surface area (Å²) in [5.41, 5.74) is 1.28. The van der Waals surface area contributed by atoms with E-state index in [9.17, 15) is 4.79 Å². The van der Waals surface area contributed by atoms with Gasteiger partial charge < -0.3 is 9.64 Å². The number of ether oxygens (including phenoxy) is 1. The SMILES string of the molecule is COC(C)N(CC=CCl)C(=O)C(Cl)(Cl)Cl. The highest BCUT2D eigenvalue weighted by Gasteiger charge is 2.36. The number of nitrogens with zero attached hydrogens (tertiary/aromatic N) is 1. The van der Waals surface area contributed by atoms with Crippen molar-refractivity contribution >= 4 is 52.3 Å². The number of hydrogen-bond donors (Lipinski definition) is 0. The lowest BCUT2D eigenvalue weighted by Gasteiger charge is -2.29. The van der Waals surface area contributed by atoms with Crippen LogP contribution in [0.15, 0.2) is 11.6 Å². The van der Waals surface area contributed by atoms with Crippen LogP contribution in [0.1, 0.15) is 6.92 Å². The minimum absolute atomic E-state index is 0.214. The summed E-state index contributed by atoms with van der Waals surface area (Å²) in [7, 11) is 1.45. The second-order valence-corrected chi connectivity index (χ2v) is 5.19. The lowest BCUT2D eigenvalue weighted by molar-refractivity contribution is -0.140. The molecule has 0 aliphatic heterocycles. The summed E-state index contributed by atoms with van der Waals surface area (Å²) in [5.74, 6) is -0.656. The van der Waals surface area contributed by atoms with E-state index >= 15 is 0 Å². The van der Waals surface area contributed by atoms with Gasteiger partial charge in [0.1, 0.15) is 6.23 Å². The van der Waals surface area contributed by atoms with E-state index in [-0.39, 0.29) is 6.54 Å². The first-order valence-electron chi connectivity index (χ1n) is 4.00. The minimum Gasteiger partial charge on any atom is -0.362 e. The van der Waals surface area contributed by atoms with Crippen LogP contribution in [0.4, 0.5) is 0 Å². The Balaban J connectivity index is 4.70. The van der Waals surface area contributed by atoms with Crippen molar-refractivity contribution in [1.82, 2.24) is 4.90 Å². The molecule has 0 aliphatic rings. The Bertz CT molecular complexity index is 239. The number of halogens is 4. The standard InChI is InChI=1S/C8H11Cl4NO2/c1-6(15-2)13(5-3-4-9)7(14)8(10,11)12/h3-4,6H,5H2,1-2H3. The van der Waals surface area contributed by atoms with Crippen molar-refractivity contribution in [1.29, 1.82) is 0 Å². The van der Waals surface area contributed by atoms with Gasteiger partial charge in [-0.2, -0.15) is 0 Å². The van der Waals surface area contributed by atoms with Crippen LogP contribution >= 0.6 is 46.4 Å². The van der Waals surface area contributed by atoms with Crippen molar-refractivity contribution < 1.29 is 9.53 Å². The van der Waals surface area contributed by atoms with Crippen molar-refractivity contribution in [2.24, 2.45) is 0 Å². The average molecular weight is 295 g/mol. The number of methoxy groups -OCH3 is 1. The third-order valence-electron chi connectivity index (χ3n) is 1.67. The molecule has 0 aliphatic carbocycles. The zero-order valence-electron chi connectivity index (χ0n) is 8.21. The summed E-state index contributed by atoms with van der Waals surface area (Å²) in [6.07, 6.45) is 1.05. The zero-order chi connectivity index (χ0) is 12.1. The quantitative estimate of drug-likeness (QED) is 0.589. The van der Waals surface area contributed by atoms with Crippen molar-refractivity contribution in [3.05, 3.63) is 11.6 Å². The topological polar surface area (TPSA) is 29.5 Å². The molecule has 1 atom stereocenters. The fourth-order valence-corrected chi connectivity index (χ4v) is 1.25. The van der Waals surface area contributed by atoms with Crippen LogP contribution in [0.3, 0.4) is 0 Å². The third kappa shape index (κ3) is 5.27. The highest BCUT2D eigenvalue weighted by atomic mass is 35.6. The Hall–Kier alpha value is 0.330. The summed E-state index contributed by atoms with van der Waals surface area (Å²) in [4.78, 5) is 12.9. The van der Waals surface area contributed by atoms with Gasteiger partial charge in [0.05, 0.1) is 0 Å². The molecular formula is C8H11Cl4NO2. The molecule has 88 valence electrons. The predicted octanol–water partition coefficient (Wildman–Crippen LogP) is 2.93. The summed E-state index contributed by atoms with van der Waals surface area (Å²) >= 11 is 21.8. The second-order valence-electron chi connectivity index (χ2n) is 2.65. The Morgan fingerprint density at radius 3 is 2.40 bits per heavy atom. The normalized spacial score (nSPS) is 14.3. The van der Waals surface area contributed by atoms with Gasteiger partial charge in [-0.05, 0) is 6.92 Å². The molecule has 0 rings (SSSR count). The third-order valence-corrected chi connectivity index (χ3v) is 2.34. The van der Waals surface area contributed by atoms with Crippen molar-refractivity contribution in [2.75, 3.05) is 13.7 Å². The lowest BCUT2D eigenvalue weighted by Crippen LogP contribution is -2.45. The Morgan fingerprint density at radius 1 is 1.53 bits per heavy atom. The molecule has 0 radical (unpaired) electrons. The van der Waals surface area contributed by atoms with E-state index in [0.29, 0.717) is 0 Å². The maximum Gasteiger partial charge on any atom is 0.277 e. The van der Waals surface area contributed by atoms with Gasteiger partial charge in [-0.1, -0.05) is 52.5 Å². The number of amides is 1. The van der Waals surface area contributed by atoms with Crippen molar-refractivity contribution in [3.8, 4) is 0 Å². The summed E-state index contributed by atoms with van der Waals surface area (Å²) in [6.45, 7) is 1.88. The number of carbonyl (C=O) groups excluding carboxylic acids is 1. The maximum atomic E-state index is 11.6. The fraction of sp³-hybridized carbons (Fsp3) is 0.625. The van der Waals surface area contributed by atoms with E-state index in [0.717, 1.165) is 0 Å². The highest BCUT2D eigenvalue weighted by Crippen LogP contribution is 2.29. The molecule has 3 nitrogen and oxygen atoms in total. The molecule has 0 aromatic carbocycles. The summed E-state index contributed by atoms with van der Waals surface area (Å²) in [6, 6.07) is 0.